The fourth-order valence-electron chi connectivity index (χ4n) is 1.82. The Balaban J connectivity index is 2.02. The van der Waals surface area contributed by atoms with E-state index < -0.39 is 12.0 Å². The second-order valence-corrected chi connectivity index (χ2v) is 6.80. The normalized spacial score (nSPS) is 12.6. The van der Waals surface area contributed by atoms with Crippen molar-refractivity contribution in [2.45, 2.75) is 20.0 Å². The molecule has 1 atom stereocenters. The molecule has 1 amide bonds. The molecule has 25 heavy (non-hydrogen) atoms. The lowest BCUT2D eigenvalue weighted by Gasteiger charge is -2.15. The summed E-state index contributed by atoms with van der Waals surface area (Å²) in [5.41, 5.74) is 3.92. The summed E-state index contributed by atoms with van der Waals surface area (Å²) in [4.78, 5) is 12.1. The predicted molar refractivity (Wildman–Crippen MR) is 103 cm³/mol. The molecule has 132 valence electrons. The van der Waals surface area contributed by atoms with Crippen LogP contribution < -0.4 is 10.2 Å². The molecule has 0 aliphatic carbocycles. The Labute approximate surface area is 165 Å². The van der Waals surface area contributed by atoms with E-state index in [-0.39, 0.29) is 15.8 Å². The van der Waals surface area contributed by atoms with Gasteiger partial charge in [0.15, 0.2) is 6.10 Å². The van der Waals surface area contributed by atoms with Crippen LogP contribution in [0.15, 0.2) is 41.5 Å². The Morgan fingerprint density at radius 2 is 1.64 bits per heavy atom. The quantitative estimate of drug-likeness (QED) is 0.389. The Morgan fingerprint density at radius 3 is 2.28 bits per heavy atom. The third-order valence-electron chi connectivity index (χ3n) is 3.24. The first-order valence-electron chi connectivity index (χ1n) is 7.19. The number of hydrogen-bond donors (Lipinski definition) is 1. The van der Waals surface area contributed by atoms with E-state index in [4.69, 9.17) is 51.1 Å². The van der Waals surface area contributed by atoms with Gasteiger partial charge in [0.1, 0.15) is 5.75 Å². The lowest BCUT2D eigenvalue weighted by Crippen LogP contribution is -2.34. The van der Waals surface area contributed by atoms with Crippen molar-refractivity contribution in [1.82, 2.24) is 5.43 Å². The number of hydrogen-bond acceptors (Lipinski definition) is 3. The number of rotatable bonds is 5. The van der Waals surface area contributed by atoms with Crippen molar-refractivity contribution in [2.24, 2.45) is 5.10 Å². The molecule has 8 heteroatoms. The van der Waals surface area contributed by atoms with Crippen LogP contribution in [0.5, 0.6) is 5.75 Å². The minimum atomic E-state index is -0.837. The van der Waals surface area contributed by atoms with Crippen molar-refractivity contribution in [3.63, 3.8) is 0 Å². The van der Waals surface area contributed by atoms with Gasteiger partial charge < -0.3 is 4.74 Å². The maximum Gasteiger partial charge on any atom is 0.280 e. The fourth-order valence-corrected chi connectivity index (χ4v) is 2.53. The van der Waals surface area contributed by atoms with Crippen LogP contribution in [0.3, 0.4) is 0 Å². The highest BCUT2D eigenvalue weighted by molar-refractivity contribution is 6.43. The molecule has 4 nitrogen and oxygen atoms in total. The van der Waals surface area contributed by atoms with Crippen molar-refractivity contribution in [1.29, 1.82) is 0 Å². The van der Waals surface area contributed by atoms with E-state index in [0.717, 1.165) is 5.56 Å². The van der Waals surface area contributed by atoms with Gasteiger partial charge in [0.05, 0.1) is 20.8 Å². The molecule has 0 bridgehead atoms. The minimum absolute atomic E-state index is 0.259. The van der Waals surface area contributed by atoms with Crippen LogP contribution in [-0.4, -0.2) is 17.7 Å². The van der Waals surface area contributed by atoms with Crippen molar-refractivity contribution >= 4 is 58.0 Å². The van der Waals surface area contributed by atoms with Crippen LogP contribution in [0.4, 0.5) is 0 Å². The van der Waals surface area contributed by atoms with Crippen molar-refractivity contribution in [3.8, 4) is 5.75 Å². The molecule has 1 N–H and O–H groups in total. The first kappa shape index (κ1) is 19.9. The van der Waals surface area contributed by atoms with Crippen LogP contribution >= 0.6 is 46.4 Å². The molecule has 0 aromatic heterocycles. The molecular formula is C17H14Cl4N2O2. The van der Waals surface area contributed by atoms with Gasteiger partial charge in [-0.15, -0.1) is 0 Å². The Kier molecular flexibility index (Phi) is 6.96. The van der Waals surface area contributed by atoms with Gasteiger partial charge in [0.25, 0.3) is 5.91 Å². The highest BCUT2D eigenvalue weighted by Gasteiger charge is 2.17. The highest BCUT2D eigenvalue weighted by atomic mass is 35.5. The summed E-state index contributed by atoms with van der Waals surface area (Å²) >= 11 is 23.7. The lowest BCUT2D eigenvalue weighted by atomic mass is 10.1. The van der Waals surface area contributed by atoms with Crippen molar-refractivity contribution in [3.05, 3.63) is 62.1 Å². The van der Waals surface area contributed by atoms with Gasteiger partial charge in [-0.05, 0) is 37.6 Å². The van der Waals surface area contributed by atoms with Crippen molar-refractivity contribution < 1.29 is 9.53 Å². The summed E-state index contributed by atoms with van der Waals surface area (Å²) in [5.74, 6) is -0.174. The molecular weight excluding hydrogens is 406 g/mol. The van der Waals surface area contributed by atoms with Gasteiger partial charge in [0, 0.05) is 11.1 Å². The first-order chi connectivity index (χ1) is 11.8. The number of ether oxygens (including phenoxy) is 1. The van der Waals surface area contributed by atoms with E-state index in [1.165, 1.54) is 12.1 Å². The highest BCUT2D eigenvalue weighted by Crippen LogP contribution is 2.34. The SMILES string of the molecule is C/C(=N/NC(=O)C(C)Oc1cc(Cl)c(Cl)cc1Cl)c1ccc(Cl)cc1. The number of hydrazone groups is 1. The van der Waals surface area contributed by atoms with Gasteiger partial charge in [-0.25, -0.2) is 5.43 Å². The average molecular weight is 420 g/mol. The maximum absolute atomic E-state index is 12.1. The van der Waals surface area contributed by atoms with E-state index in [1.54, 1.807) is 26.0 Å². The standard InChI is InChI=1S/C17H14Cl4N2O2/c1-9(11-3-5-12(18)6-4-11)22-23-17(24)10(2)25-16-8-14(20)13(19)7-15(16)21/h3-8,10H,1-2H3,(H,23,24)/b22-9-. The second kappa shape index (κ2) is 8.77. The lowest BCUT2D eigenvalue weighted by molar-refractivity contribution is -0.127. The van der Waals surface area contributed by atoms with Gasteiger partial charge in [-0.3, -0.25) is 4.79 Å². The summed E-state index contributed by atoms with van der Waals surface area (Å²) in [6, 6.07) is 10.0. The third-order valence-corrected chi connectivity index (χ3v) is 4.51. The number of carbonyl (C=O) groups excluding carboxylic acids is 1. The third kappa shape index (κ3) is 5.51. The zero-order valence-electron chi connectivity index (χ0n) is 13.3. The zero-order chi connectivity index (χ0) is 18.6. The number of carbonyl (C=O) groups is 1. The number of halogens is 4. The summed E-state index contributed by atoms with van der Waals surface area (Å²) < 4.78 is 5.52. The maximum atomic E-state index is 12.1. The summed E-state index contributed by atoms with van der Waals surface area (Å²) in [7, 11) is 0. The fraction of sp³-hybridized carbons (Fsp3) is 0.176. The van der Waals surface area contributed by atoms with Gasteiger partial charge in [0.2, 0.25) is 0 Å². The Hall–Kier alpha value is -1.46. The molecule has 2 rings (SSSR count). The molecule has 2 aromatic rings. The minimum Gasteiger partial charge on any atom is -0.479 e. The smallest absolute Gasteiger partial charge is 0.280 e. The largest absolute Gasteiger partial charge is 0.479 e. The number of nitrogens with zero attached hydrogens (tertiary/aromatic N) is 1. The van der Waals surface area contributed by atoms with Crippen molar-refractivity contribution in [2.75, 3.05) is 0 Å². The summed E-state index contributed by atoms with van der Waals surface area (Å²) in [6.07, 6.45) is -0.837. The van der Waals surface area contributed by atoms with Crippen LogP contribution in [0.2, 0.25) is 20.1 Å². The molecule has 0 aliphatic rings. The summed E-state index contributed by atoms with van der Waals surface area (Å²) in [6.45, 7) is 3.34. The zero-order valence-corrected chi connectivity index (χ0v) is 16.3. The first-order valence-corrected chi connectivity index (χ1v) is 8.70. The molecule has 0 fully saturated rings. The van der Waals surface area contributed by atoms with Crippen LogP contribution in [0.1, 0.15) is 19.4 Å². The molecule has 0 spiro atoms. The van der Waals surface area contributed by atoms with Crippen LogP contribution in [0.25, 0.3) is 0 Å². The van der Waals surface area contributed by atoms with Crippen LogP contribution in [-0.2, 0) is 4.79 Å². The Bertz CT molecular complexity index is 807. The van der Waals surface area contributed by atoms with E-state index in [2.05, 4.69) is 10.5 Å². The molecule has 2 aromatic carbocycles. The molecule has 1 unspecified atom stereocenters. The number of amides is 1. The average Bonchev–Trinajstić information content (AvgIpc) is 2.57. The van der Waals surface area contributed by atoms with E-state index in [0.29, 0.717) is 15.8 Å². The van der Waals surface area contributed by atoms with Gasteiger partial charge in [-0.1, -0.05) is 58.5 Å². The Morgan fingerprint density at radius 1 is 1.04 bits per heavy atom. The predicted octanol–water partition coefficient (Wildman–Crippen LogP) is 5.61. The molecule has 0 radical (unpaired) electrons. The van der Waals surface area contributed by atoms with E-state index in [1.807, 2.05) is 12.1 Å². The van der Waals surface area contributed by atoms with Gasteiger partial charge >= 0.3 is 0 Å². The number of benzene rings is 2. The summed E-state index contributed by atoms with van der Waals surface area (Å²) in [5, 5.41) is 5.53. The molecule has 0 saturated carbocycles. The van der Waals surface area contributed by atoms with E-state index >= 15 is 0 Å². The second-order valence-electron chi connectivity index (χ2n) is 5.14. The molecule has 0 aliphatic heterocycles. The number of nitrogens with one attached hydrogen (secondary N) is 1. The molecule has 0 heterocycles. The topological polar surface area (TPSA) is 50.7 Å². The van der Waals surface area contributed by atoms with Gasteiger partial charge in [-0.2, -0.15) is 5.10 Å². The molecule has 0 saturated heterocycles. The monoisotopic (exact) mass is 418 g/mol. The van der Waals surface area contributed by atoms with E-state index in [9.17, 15) is 4.79 Å². The van der Waals surface area contributed by atoms with Crippen LogP contribution in [0, 0.1) is 0 Å².